The third kappa shape index (κ3) is 1.05. The van der Waals surface area contributed by atoms with Gasteiger partial charge in [-0.2, -0.15) is 0 Å². The minimum atomic E-state index is -0.683. The quantitative estimate of drug-likeness (QED) is 0.626. The summed E-state index contributed by atoms with van der Waals surface area (Å²) >= 11 is 0. The average Bonchev–Trinajstić information content (AvgIpc) is 2.63. The van der Waals surface area contributed by atoms with E-state index in [2.05, 4.69) is 0 Å². The minimum absolute atomic E-state index is 0.469. The van der Waals surface area contributed by atoms with Crippen LogP contribution in [0.3, 0.4) is 0 Å². The Balaban J connectivity index is 2.26. The van der Waals surface area contributed by atoms with Crippen molar-refractivity contribution >= 4 is 17.4 Å². The third-order valence-electron chi connectivity index (χ3n) is 2.70. The zero-order chi connectivity index (χ0) is 10.4. The smallest absolute Gasteiger partial charge is 0.221 e. The molecule has 0 N–H and O–H groups in total. The van der Waals surface area contributed by atoms with Crippen molar-refractivity contribution in [3.8, 4) is 0 Å². The van der Waals surface area contributed by atoms with Crippen LogP contribution in [0.2, 0.25) is 0 Å². The summed E-state index contributed by atoms with van der Waals surface area (Å²) in [6, 6.07) is 7.68. The maximum absolute atomic E-state index is 13.1. The lowest BCUT2D eigenvalue weighted by Gasteiger charge is -2.08. The second-order valence-electron chi connectivity index (χ2n) is 3.57. The van der Waals surface area contributed by atoms with Crippen molar-refractivity contribution in [2.24, 2.45) is 0 Å². The molecule has 0 saturated heterocycles. The van der Waals surface area contributed by atoms with Crippen molar-refractivity contribution in [2.75, 3.05) is 0 Å². The molecule has 1 aromatic carbocycles. The van der Waals surface area contributed by atoms with Crippen LogP contribution in [0.1, 0.15) is 11.1 Å². The van der Waals surface area contributed by atoms with Crippen LogP contribution < -0.4 is 0 Å². The summed E-state index contributed by atoms with van der Waals surface area (Å²) < 4.78 is 13.1. The lowest BCUT2D eigenvalue weighted by Crippen LogP contribution is -2.05. The van der Waals surface area contributed by atoms with E-state index in [9.17, 15) is 9.18 Å². The highest BCUT2D eigenvalue weighted by Gasteiger charge is 2.28. The number of fused-ring (bicyclic) bond motifs is 3. The molecule has 1 aromatic rings. The SMILES string of the molecule is O=C1C(F)=CC=C2C1=Cc1ccccc12. The van der Waals surface area contributed by atoms with Gasteiger partial charge in [0.1, 0.15) is 0 Å². The van der Waals surface area contributed by atoms with E-state index < -0.39 is 11.6 Å². The second-order valence-corrected chi connectivity index (χ2v) is 3.57. The van der Waals surface area contributed by atoms with Gasteiger partial charge in [-0.05, 0) is 28.9 Å². The topological polar surface area (TPSA) is 17.1 Å². The summed E-state index contributed by atoms with van der Waals surface area (Å²) in [5.74, 6) is -1.19. The number of ketones is 1. The van der Waals surface area contributed by atoms with Gasteiger partial charge in [-0.3, -0.25) is 4.79 Å². The summed E-state index contributed by atoms with van der Waals surface area (Å²) in [4.78, 5) is 11.5. The minimum Gasteiger partial charge on any atom is -0.286 e. The second kappa shape index (κ2) is 2.76. The fourth-order valence-corrected chi connectivity index (χ4v) is 1.97. The molecule has 1 nitrogen and oxygen atoms in total. The lowest BCUT2D eigenvalue weighted by molar-refractivity contribution is -0.113. The maximum atomic E-state index is 13.1. The molecule has 2 aliphatic carbocycles. The number of carbonyl (C=O) groups excluding carboxylic acids is 1. The predicted octanol–water partition coefficient (Wildman–Crippen LogP) is 2.90. The van der Waals surface area contributed by atoms with Gasteiger partial charge in [0.2, 0.25) is 5.78 Å². The Morgan fingerprint density at radius 2 is 1.80 bits per heavy atom. The molecular weight excluding hydrogens is 191 g/mol. The molecule has 0 saturated carbocycles. The van der Waals surface area contributed by atoms with Gasteiger partial charge < -0.3 is 0 Å². The number of carbonyl (C=O) groups is 1. The largest absolute Gasteiger partial charge is 0.286 e. The Morgan fingerprint density at radius 1 is 1.00 bits per heavy atom. The number of Topliss-reactive ketones (excluding diaryl/α,β-unsaturated/α-hetero) is 1. The van der Waals surface area contributed by atoms with E-state index in [1.54, 1.807) is 12.2 Å². The summed E-state index contributed by atoms with van der Waals surface area (Å²) in [6.45, 7) is 0. The lowest BCUT2D eigenvalue weighted by atomic mass is 9.96. The van der Waals surface area contributed by atoms with Gasteiger partial charge in [-0.15, -0.1) is 0 Å². The molecule has 0 bridgehead atoms. The van der Waals surface area contributed by atoms with Crippen LogP contribution in [0.25, 0.3) is 11.6 Å². The van der Waals surface area contributed by atoms with E-state index in [1.807, 2.05) is 24.3 Å². The van der Waals surface area contributed by atoms with Crippen LogP contribution in [-0.2, 0) is 4.79 Å². The van der Waals surface area contributed by atoms with Crippen molar-refractivity contribution in [3.05, 3.63) is 58.9 Å². The van der Waals surface area contributed by atoms with E-state index in [1.165, 1.54) is 6.08 Å². The van der Waals surface area contributed by atoms with E-state index >= 15 is 0 Å². The fourth-order valence-electron chi connectivity index (χ4n) is 1.97. The van der Waals surface area contributed by atoms with Gasteiger partial charge in [0, 0.05) is 5.57 Å². The van der Waals surface area contributed by atoms with Crippen molar-refractivity contribution in [2.45, 2.75) is 0 Å². The van der Waals surface area contributed by atoms with Crippen LogP contribution in [-0.4, -0.2) is 5.78 Å². The summed E-state index contributed by atoms with van der Waals surface area (Å²) in [5.41, 5.74) is 3.29. The van der Waals surface area contributed by atoms with Crippen LogP contribution in [0, 0.1) is 0 Å². The first-order valence-corrected chi connectivity index (χ1v) is 4.71. The Morgan fingerprint density at radius 3 is 2.67 bits per heavy atom. The highest BCUT2D eigenvalue weighted by molar-refractivity contribution is 6.24. The van der Waals surface area contributed by atoms with Gasteiger partial charge in [-0.1, -0.05) is 30.3 Å². The van der Waals surface area contributed by atoms with E-state index in [-0.39, 0.29) is 0 Å². The number of halogens is 1. The Bertz CT molecular complexity index is 562. The molecule has 0 aliphatic heterocycles. The normalized spacial score (nSPS) is 17.7. The van der Waals surface area contributed by atoms with Crippen LogP contribution in [0.5, 0.6) is 0 Å². The first-order chi connectivity index (χ1) is 7.27. The maximum Gasteiger partial charge on any atom is 0.221 e. The van der Waals surface area contributed by atoms with Crippen molar-refractivity contribution in [1.82, 2.24) is 0 Å². The van der Waals surface area contributed by atoms with Crippen molar-refractivity contribution in [3.63, 3.8) is 0 Å². The first-order valence-electron chi connectivity index (χ1n) is 4.71. The van der Waals surface area contributed by atoms with E-state index in [4.69, 9.17) is 0 Å². The molecule has 0 radical (unpaired) electrons. The molecule has 2 aliphatic rings. The Hall–Kier alpha value is -1.96. The van der Waals surface area contributed by atoms with E-state index in [0.717, 1.165) is 16.7 Å². The standard InChI is InChI=1S/C13H7FO/c14-12-6-5-10-9-4-2-1-3-8(9)7-11(10)13(12)15/h1-7H. The molecule has 0 spiro atoms. The molecule has 0 atom stereocenters. The molecule has 0 amide bonds. The number of hydrogen-bond acceptors (Lipinski definition) is 1. The fraction of sp³-hybridized carbons (Fsp3) is 0. The third-order valence-corrected chi connectivity index (χ3v) is 2.70. The number of rotatable bonds is 0. The van der Waals surface area contributed by atoms with Crippen LogP contribution >= 0.6 is 0 Å². The number of hydrogen-bond donors (Lipinski definition) is 0. The first kappa shape index (κ1) is 8.36. The summed E-state index contributed by atoms with van der Waals surface area (Å²) in [7, 11) is 0. The molecule has 0 fully saturated rings. The van der Waals surface area contributed by atoms with Crippen molar-refractivity contribution in [1.29, 1.82) is 0 Å². The zero-order valence-electron chi connectivity index (χ0n) is 7.83. The number of benzene rings is 1. The highest BCUT2D eigenvalue weighted by atomic mass is 19.1. The molecule has 3 rings (SSSR count). The highest BCUT2D eigenvalue weighted by Crippen LogP contribution is 2.39. The Kier molecular flexibility index (Phi) is 1.54. The molecule has 0 aromatic heterocycles. The Labute approximate surface area is 86.2 Å². The summed E-state index contributed by atoms with van der Waals surface area (Å²) in [5, 5.41) is 0. The van der Waals surface area contributed by atoms with Gasteiger partial charge in [-0.25, -0.2) is 4.39 Å². The molecule has 0 unspecified atom stereocenters. The van der Waals surface area contributed by atoms with Crippen LogP contribution in [0.4, 0.5) is 4.39 Å². The molecule has 2 heteroatoms. The molecular formula is C13H7FO. The average molecular weight is 198 g/mol. The van der Waals surface area contributed by atoms with Gasteiger partial charge in [0.25, 0.3) is 0 Å². The van der Waals surface area contributed by atoms with Crippen LogP contribution in [0.15, 0.2) is 47.8 Å². The van der Waals surface area contributed by atoms with Gasteiger partial charge in [0.05, 0.1) is 0 Å². The zero-order valence-corrected chi connectivity index (χ0v) is 7.83. The number of allylic oxidation sites excluding steroid dienone is 5. The summed E-state index contributed by atoms with van der Waals surface area (Å²) in [6.07, 6.45) is 4.64. The molecule has 15 heavy (non-hydrogen) atoms. The predicted molar refractivity (Wildman–Crippen MR) is 56.6 cm³/mol. The van der Waals surface area contributed by atoms with E-state index in [0.29, 0.717) is 5.57 Å². The van der Waals surface area contributed by atoms with Gasteiger partial charge in [0.15, 0.2) is 5.83 Å². The molecule has 72 valence electrons. The van der Waals surface area contributed by atoms with Crippen molar-refractivity contribution < 1.29 is 9.18 Å². The van der Waals surface area contributed by atoms with Gasteiger partial charge >= 0.3 is 0 Å². The monoisotopic (exact) mass is 198 g/mol. The molecule has 0 heterocycles.